The third-order valence-electron chi connectivity index (χ3n) is 2.40. The van der Waals surface area contributed by atoms with Gasteiger partial charge in [0, 0.05) is 6.04 Å². The summed E-state index contributed by atoms with van der Waals surface area (Å²) >= 11 is 0. The number of alkyl carbamates (subject to hydrolysis) is 1. The van der Waals surface area contributed by atoms with E-state index in [0.717, 1.165) is 12.8 Å². The van der Waals surface area contributed by atoms with Crippen LogP contribution in [0.3, 0.4) is 0 Å². The van der Waals surface area contributed by atoms with Gasteiger partial charge >= 0.3 is 6.09 Å². The summed E-state index contributed by atoms with van der Waals surface area (Å²) in [7, 11) is 0. The Balaban J connectivity index is 1.60. The zero-order valence-corrected chi connectivity index (χ0v) is 7.36. The fraction of sp³-hybridized carbons (Fsp3) is 0.875. The molecule has 1 unspecified atom stereocenters. The summed E-state index contributed by atoms with van der Waals surface area (Å²) in [6.07, 6.45) is 1.65. The Labute approximate surface area is 76.6 Å². The van der Waals surface area contributed by atoms with Crippen LogP contribution in [0.2, 0.25) is 0 Å². The van der Waals surface area contributed by atoms with Gasteiger partial charge in [-0.2, -0.15) is 0 Å². The summed E-state index contributed by atoms with van der Waals surface area (Å²) in [6, 6.07) is 0.300. The molecule has 2 rings (SSSR count). The first kappa shape index (κ1) is 8.77. The number of nitrogens with one attached hydrogen (secondary N) is 1. The molecule has 0 spiro atoms. The van der Waals surface area contributed by atoms with Crippen LogP contribution in [-0.4, -0.2) is 37.5 Å². The molecule has 0 radical (unpaired) electrons. The number of carbonyl (C=O) groups excluding carboxylic acids is 1. The van der Waals surface area contributed by atoms with Gasteiger partial charge in [-0.05, 0) is 12.8 Å². The van der Waals surface area contributed by atoms with Crippen molar-refractivity contribution >= 4 is 6.09 Å². The van der Waals surface area contributed by atoms with E-state index in [1.807, 2.05) is 0 Å². The third kappa shape index (κ3) is 2.10. The maximum absolute atomic E-state index is 10.6. The fourth-order valence-electron chi connectivity index (χ4n) is 1.51. The van der Waals surface area contributed by atoms with Crippen LogP contribution in [0, 0.1) is 0 Å². The number of hydrogen-bond acceptors (Lipinski definition) is 4. The first-order chi connectivity index (χ1) is 6.24. The molecule has 0 aromatic rings. The molecule has 74 valence electrons. The molecule has 1 heterocycles. The highest BCUT2D eigenvalue weighted by molar-refractivity contribution is 5.69. The van der Waals surface area contributed by atoms with Crippen LogP contribution < -0.4 is 11.1 Å². The lowest BCUT2D eigenvalue weighted by Gasteiger charge is -2.32. The molecule has 1 amide bonds. The molecule has 1 saturated heterocycles. The predicted octanol–water partition coefficient (Wildman–Crippen LogP) is -0.399. The second-order valence-corrected chi connectivity index (χ2v) is 3.60. The van der Waals surface area contributed by atoms with E-state index in [0.29, 0.717) is 19.2 Å². The lowest BCUT2D eigenvalue weighted by molar-refractivity contribution is -0.0416. The molecule has 13 heavy (non-hydrogen) atoms. The lowest BCUT2D eigenvalue weighted by Crippen LogP contribution is -2.42. The number of hydrogen-bond donors (Lipinski definition) is 2. The normalized spacial score (nSPS) is 37.9. The van der Waals surface area contributed by atoms with Crippen molar-refractivity contribution < 1.29 is 14.3 Å². The maximum atomic E-state index is 10.6. The smallest absolute Gasteiger partial charge is 0.407 e. The summed E-state index contributed by atoms with van der Waals surface area (Å²) in [5.41, 5.74) is 5.60. The van der Waals surface area contributed by atoms with E-state index >= 15 is 0 Å². The van der Waals surface area contributed by atoms with Gasteiger partial charge in [0.2, 0.25) is 0 Å². The summed E-state index contributed by atoms with van der Waals surface area (Å²) in [5.74, 6) is 0. The molecule has 0 aromatic carbocycles. The van der Waals surface area contributed by atoms with Crippen LogP contribution in [0.5, 0.6) is 0 Å². The van der Waals surface area contributed by atoms with Gasteiger partial charge in [0.05, 0.1) is 19.3 Å². The minimum atomic E-state index is -0.348. The van der Waals surface area contributed by atoms with E-state index in [4.69, 9.17) is 15.2 Å². The summed E-state index contributed by atoms with van der Waals surface area (Å²) in [4.78, 5) is 10.6. The Morgan fingerprint density at radius 1 is 1.62 bits per heavy atom. The van der Waals surface area contributed by atoms with Gasteiger partial charge in [0.25, 0.3) is 0 Å². The Morgan fingerprint density at radius 3 is 2.92 bits per heavy atom. The van der Waals surface area contributed by atoms with E-state index < -0.39 is 0 Å². The van der Waals surface area contributed by atoms with Gasteiger partial charge < -0.3 is 20.5 Å². The third-order valence-corrected chi connectivity index (χ3v) is 2.40. The van der Waals surface area contributed by atoms with Crippen molar-refractivity contribution in [3.05, 3.63) is 0 Å². The number of nitrogens with two attached hydrogens (primary N) is 1. The van der Waals surface area contributed by atoms with Gasteiger partial charge in [-0.1, -0.05) is 0 Å². The molecular formula is C8H14N2O3. The van der Waals surface area contributed by atoms with Crippen molar-refractivity contribution in [1.29, 1.82) is 0 Å². The Morgan fingerprint density at radius 2 is 2.38 bits per heavy atom. The van der Waals surface area contributed by atoms with Crippen molar-refractivity contribution in [1.82, 2.24) is 5.32 Å². The number of ether oxygens (including phenoxy) is 2. The average Bonchev–Trinajstić information content (AvgIpc) is 2.43. The quantitative estimate of drug-likeness (QED) is 0.629. The molecule has 1 saturated carbocycles. The van der Waals surface area contributed by atoms with Crippen LogP contribution in [0.4, 0.5) is 4.79 Å². The van der Waals surface area contributed by atoms with E-state index in [1.54, 1.807) is 0 Å². The Hall–Kier alpha value is -0.810. The van der Waals surface area contributed by atoms with Crippen molar-refractivity contribution in [3.63, 3.8) is 0 Å². The highest BCUT2D eigenvalue weighted by Gasteiger charge is 2.29. The number of carbonyl (C=O) groups is 1. The molecular weight excluding hydrogens is 172 g/mol. The number of cyclic esters (lactones) is 1. The maximum Gasteiger partial charge on any atom is 0.407 e. The molecule has 2 fully saturated rings. The molecule has 1 aliphatic carbocycles. The molecule has 5 heteroatoms. The van der Waals surface area contributed by atoms with Gasteiger partial charge in [0.1, 0.15) is 6.10 Å². The summed E-state index contributed by atoms with van der Waals surface area (Å²) in [6.45, 7) is 1.04. The fourth-order valence-corrected chi connectivity index (χ4v) is 1.51. The van der Waals surface area contributed by atoms with Gasteiger partial charge in [-0.25, -0.2) is 4.79 Å². The van der Waals surface area contributed by atoms with E-state index in [2.05, 4.69) is 5.32 Å². The molecule has 1 atom stereocenters. The van der Waals surface area contributed by atoms with Crippen LogP contribution in [-0.2, 0) is 9.47 Å². The zero-order valence-electron chi connectivity index (χ0n) is 7.36. The van der Waals surface area contributed by atoms with Gasteiger partial charge in [-0.3, -0.25) is 0 Å². The SMILES string of the molecule is NC1CC(OCC2CNC(=O)O2)C1. The second-order valence-electron chi connectivity index (χ2n) is 3.60. The number of rotatable bonds is 3. The minimum Gasteiger partial charge on any atom is -0.442 e. The van der Waals surface area contributed by atoms with Crippen molar-refractivity contribution in [2.45, 2.75) is 31.1 Å². The Kier molecular flexibility index (Phi) is 2.37. The van der Waals surface area contributed by atoms with Crippen molar-refractivity contribution in [2.75, 3.05) is 13.2 Å². The molecule has 5 nitrogen and oxygen atoms in total. The summed E-state index contributed by atoms with van der Waals surface area (Å²) in [5, 5.41) is 2.57. The molecule has 1 aliphatic heterocycles. The van der Waals surface area contributed by atoms with E-state index in [1.165, 1.54) is 0 Å². The lowest BCUT2D eigenvalue weighted by atomic mass is 9.90. The van der Waals surface area contributed by atoms with E-state index in [-0.39, 0.29) is 18.3 Å². The molecule has 0 aromatic heterocycles. The standard InChI is InChI=1S/C8H14N2O3/c9-5-1-6(2-5)12-4-7-3-10-8(11)13-7/h5-7H,1-4,9H2,(H,10,11). The van der Waals surface area contributed by atoms with Crippen molar-refractivity contribution in [3.8, 4) is 0 Å². The summed E-state index contributed by atoms with van der Waals surface area (Å²) < 4.78 is 10.4. The second kappa shape index (κ2) is 3.51. The highest BCUT2D eigenvalue weighted by Crippen LogP contribution is 2.21. The average molecular weight is 186 g/mol. The van der Waals surface area contributed by atoms with Gasteiger partial charge in [0.15, 0.2) is 0 Å². The molecule has 2 aliphatic rings. The zero-order chi connectivity index (χ0) is 9.26. The van der Waals surface area contributed by atoms with E-state index in [9.17, 15) is 4.79 Å². The minimum absolute atomic E-state index is 0.121. The Bertz CT molecular complexity index is 204. The van der Waals surface area contributed by atoms with Crippen LogP contribution in [0.1, 0.15) is 12.8 Å². The molecule has 3 N–H and O–H groups in total. The monoisotopic (exact) mass is 186 g/mol. The predicted molar refractivity (Wildman–Crippen MR) is 45.2 cm³/mol. The first-order valence-electron chi connectivity index (χ1n) is 4.55. The van der Waals surface area contributed by atoms with Crippen molar-refractivity contribution in [2.24, 2.45) is 5.73 Å². The number of amides is 1. The first-order valence-corrected chi connectivity index (χ1v) is 4.55. The highest BCUT2D eigenvalue weighted by atomic mass is 16.6. The molecule has 0 bridgehead atoms. The van der Waals surface area contributed by atoms with Crippen LogP contribution in [0.25, 0.3) is 0 Å². The topological polar surface area (TPSA) is 73.6 Å². The largest absolute Gasteiger partial charge is 0.442 e. The van der Waals surface area contributed by atoms with Gasteiger partial charge in [-0.15, -0.1) is 0 Å². The van der Waals surface area contributed by atoms with Crippen LogP contribution >= 0.6 is 0 Å². The van der Waals surface area contributed by atoms with Crippen LogP contribution in [0.15, 0.2) is 0 Å².